The van der Waals surface area contributed by atoms with Gasteiger partial charge >= 0.3 is 6.18 Å². The Labute approximate surface area is 564 Å². The molecular formula is C67H109ClF3N11O13. The van der Waals surface area contributed by atoms with Crippen LogP contribution in [-0.2, 0) is 57.5 Å². The number of nitrogens with one attached hydrogen (secondary N) is 3. The molecular weight excluding hydrogens is 1260 g/mol. The minimum atomic E-state index is -4.50. The van der Waals surface area contributed by atoms with Gasteiger partial charge in [0.25, 0.3) is 0 Å². The van der Waals surface area contributed by atoms with Gasteiger partial charge in [0.1, 0.15) is 41.8 Å². The molecule has 28 heteroatoms. The molecule has 2 aliphatic heterocycles. The maximum atomic E-state index is 15.5. The van der Waals surface area contributed by atoms with Crippen molar-refractivity contribution >= 4 is 76.6 Å². The van der Waals surface area contributed by atoms with Crippen molar-refractivity contribution in [3.05, 3.63) is 0 Å². The molecule has 4 saturated carbocycles. The second-order valence-electron chi connectivity index (χ2n) is 29.0. The van der Waals surface area contributed by atoms with E-state index in [1.165, 1.54) is 87.7 Å². The normalized spacial score (nSPS) is 29.3. The van der Waals surface area contributed by atoms with Crippen LogP contribution in [0, 0.1) is 29.6 Å². The van der Waals surface area contributed by atoms with Gasteiger partial charge in [-0.15, -0.1) is 11.6 Å². The van der Waals surface area contributed by atoms with Crippen molar-refractivity contribution in [1.82, 2.24) is 55.1 Å². The number of nitrogens with zero attached hydrogens (tertiary/aromatic N) is 8. The third-order valence-corrected chi connectivity index (χ3v) is 21.6. The lowest BCUT2D eigenvalue weighted by Gasteiger charge is -2.42. The van der Waals surface area contributed by atoms with Gasteiger partial charge in [-0.05, 0) is 115 Å². The van der Waals surface area contributed by atoms with Crippen molar-refractivity contribution in [3.63, 3.8) is 0 Å². The number of alkyl halides is 4. The second-order valence-corrected chi connectivity index (χ2v) is 29.6. The van der Waals surface area contributed by atoms with Crippen molar-refractivity contribution < 1.29 is 75.8 Å². The first-order valence-corrected chi connectivity index (χ1v) is 35.0. The highest BCUT2D eigenvalue weighted by molar-refractivity contribution is 6.20. The molecule has 4 N–H and O–H groups in total. The Morgan fingerprint density at radius 1 is 0.621 bits per heavy atom. The molecule has 538 valence electrons. The fourth-order valence-corrected chi connectivity index (χ4v) is 15.5. The number of hydrogen-bond donors (Lipinski definition) is 4. The maximum absolute atomic E-state index is 15.5. The average Bonchev–Trinajstić information content (AvgIpc) is 1.73. The van der Waals surface area contributed by atoms with Crippen LogP contribution in [0.1, 0.15) is 175 Å². The van der Waals surface area contributed by atoms with Gasteiger partial charge in [-0.1, -0.05) is 78.1 Å². The fraction of sp³-hybridized carbons (Fsp3) is 0.836. The lowest BCUT2D eigenvalue weighted by atomic mass is 9.78. The molecule has 0 radical (unpaired) electrons. The summed E-state index contributed by atoms with van der Waals surface area (Å²) in [5.41, 5.74) is -2.87. The monoisotopic (exact) mass is 1370 g/mol. The van der Waals surface area contributed by atoms with E-state index in [2.05, 4.69) is 16.0 Å². The zero-order valence-corrected chi connectivity index (χ0v) is 58.8. The molecule has 24 nitrogen and oxygen atoms in total. The van der Waals surface area contributed by atoms with Crippen molar-refractivity contribution in [3.8, 4) is 0 Å². The smallest absolute Gasteiger partial charge is 0.388 e. The second kappa shape index (κ2) is 34.6. The maximum Gasteiger partial charge on any atom is 0.393 e. The van der Waals surface area contributed by atoms with E-state index in [9.17, 15) is 51.8 Å². The van der Waals surface area contributed by atoms with Crippen LogP contribution in [0.3, 0.4) is 0 Å². The highest BCUT2D eigenvalue weighted by atomic mass is 35.5. The van der Waals surface area contributed by atoms with Gasteiger partial charge < -0.3 is 65.0 Å². The van der Waals surface area contributed by atoms with Crippen LogP contribution in [0.25, 0.3) is 0 Å². The van der Waals surface area contributed by atoms with Gasteiger partial charge in [0.2, 0.25) is 65.0 Å². The van der Waals surface area contributed by atoms with Crippen molar-refractivity contribution in [1.29, 1.82) is 0 Å². The van der Waals surface area contributed by atoms with Gasteiger partial charge in [-0.2, -0.15) is 13.2 Å². The number of hydrogen-bond acceptors (Lipinski definition) is 13. The Morgan fingerprint density at radius 2 is 1.23 bits per heavy atom. The topological polar surface area (TPSA) is 279 Å². The number of amides is 11. The lowest BCUT2D eigenvalue weighted by Crippen LogP contribution is -2.65. The largest absolute Gasteiger partial charge is 0.393 e. The molecule has 0 bridgehead atoms. The summed E-state index contributed by atoms with van der Waals surface area (Å²) >= 11 is 6.38. The van der Waals surface area contributed by atoms with E-state index in [0.29, 0.717) is 38.5 Å². The molecule has 2 saturated heterocycles. The van der Waals surface area contributed by atoms with Crippen molar-refractivity contribution in [2.75, 3.05) is 95.3 Å². The molecule has 2 heterocycles. The Morgan fingerprint density at radius 3 is 1.84 bits per heavy atom. The molecule has 6 aliphatic rings. The summed E-state index contributed by atoms with van der Waals surface area (Å²) < 4.78 is 47.8. The van der Waals surface area contributed by atoms with E-state index in [1.54, 1.807) is 6.92 Å². The molecule has 0 aromatic carbocycles. The molecule has 0 aromatic rings. The predicted molar refractivity (Wildman–Crippen MR) is 348 cm³/mol. The zero-order chi connectivity index (χ0) is 70.4. The molecule has 6 fully saturated rings. The Kier molecular flexibility index (Phi) is 28.5. The van der Waals surface area contributed by atoms with Crippen LogP contribution < -0.4 is 16.0 Å². The van der Waals surface area contributed by atoms with Crippen LogP contribution in [0.4, 0.5) is 13.2 Å². The molecule has 10 atom stereocenters. The van der Waals surface area contributed by atoms with Crippen LogP contribution >= 0.6 is 11.6 Å². The number of carbonyl (C=O) groups is 11. The van der Waals surface area contributed by atoms with E-state index in [0.717, 1.165) is 59.6 Å². The number of likely N-dealkylation sites (N-methyl/N-ethyl adjacent to an activating group) is 7. The molecule has 11 amide bonds. The SMILES string of the molecule is CC[C@H](C)[C@@H]1NC(=O)CCN(C)C(=O)[C@H](COCC(C)(C)O)N(C)C(=O)[C@H](C2CCCC2)N(C)C(=O)C2(CCCC2)NC(=O)[C@@H]2CCCN2C(=O)[C@H](CCC2CCC(C(F)(F)F)C(Cl)C2)NC(=O)CN(C)C(=O)[C@H](CC2CCCCC2)N(C)C(=O)CN(C)C(=O)CN(C)C1=O. The van der Waals surface area contributed by atoms with E-state index in [1.807, 2.05) is 6.92 Å². The summed E-state index contributed by atoms with van der Waals surface area (Å²) in [6, 6.07) is -7.15. The Bertz CT molecular complexity index is 2710. The number of ether oxygens (including phenoxy) is 1. The molecule has 3 unspecified atom stereocenters. The van der Waals surface area contributed by atoms with Gasteiger partial charge in [0.05, 0.1) is 44.4 Å². The first-order valence-electron chi connectivity index (χ1n) is 34.6. The minimum Gasteiger partial charge on any atom is -0.388 e. The average molecular weight is 1370 g/mol. The van der Waals surface area contributed by atoms with Gasteiger partial charge in [0, 0.05) is 74.2 Å². The summed E-state index contributed by atoms with van der Waals surface area (Å²) in [4.78, 5) is 171. The molecule has 4 aliphatic carbocycles. The van der Waals surface area contributed by atoms with Crippen LogP contribution in [0.5, 0.6) is 0 Å². The van der Waals surface area contributed by atoms with E-state index in [4.69, 9.17) is 16.3 Å². The van der Waals surface area contributed by atoms with Gasteiger partial charge in [-0.25, -0.2) is 0 Å². The van der Waals surface area contributed by atoms with Crippen LogP contribution in [0.15, 0.2) is 0 Å². The van der Waals surface area contributed by atoms with E-state index in [-0.39, 0.29) is 108 Å². The third kappa shape index (κ3) is 20.9. The van der Waals surface area contributed by atoms with Crippen molar-refractivity contribution in [2.45, 2.75) is 234 Å². The lowest BCUT2D eigenvalue weighted by molar-refractivity contribution is -0.182. The van der Waals surface area contributed by atoms with E-state index < -0.39 is 155 Å². The van der Waals surface area contributed by atoms with Crippen LogP contribution in [-0.4, -0.2) is 264 Å². The Hall–Kier alpha value is -5.83. The summed E-state index contributed by atoms with van der Waals surface area (Å²) in [6.07, 6.45) is 5.01. The number of halogens is 4. The minimum absolute atomic E-state index is 0.00317. The highest BCUT2D eigenvalue weighted by Gasteiger charge is 2.52. The molecule has 6 rings (SSSR count). The number of carbonyl (C=O) groups excluding carboxylic acids is 11. The standard InChI is InChI=1S/C67H109ClF3N11O13/c1-12-42(2)56-62(91)78(8)38-54(85)76(6)39-55(86)79(9)50(36-43-21-14-13-15-22-43)60(89)77(7)37-53(84)72-48(29-27-44-26-28-46(47(68)35-44)67(69,70)71)59(88)82-33-20-25-49(82)58(87)74-66(31-18-19-32-66)64(93)81(11)57(45-23-16-17-24-45)63(92)80(10)51(40-95-41-65(3,4)94)61(90)75(5)34-30-52(83)73-56/h42-51,56-57,94H,12-41H2,1-11H3,(H,72,84)(H,73,83)(H,74,87)/t42-,44?,46?,47?,48-,49-,50-,51-,56-,57-/m0/s1. The number of fused-ring (bicyclic) bond motifs is 1. The molecule has 0 aromatic heterocycles. The first kappa shape index (κ1) is 78.2. The zero-order valence-electron chi connectivity index (χ0n) is 58.1. The van der Waals surface area contributed by atoms with E-state index >= 15 is 19.2 Å². The highest BCUT2D eigenvalue weighted by Crippen LogP contribution is 2.44. The Balaban J connectivity index is 1.37. The fourth-order valence-electron chi connectivity index (χ4n) is 15.0. The summed E-state index contributed by atoms with van der Waals surface area (Å²) in [6.45, 7) is 4.32. The summed E-state index contributed by atoms with van der Waals surface area (Å²) in [5.74, 6) is -9.66. The molecule has 1 spiro atoms. The van der Waals surface area contributed by atoms with Crippen molar-refractivity contribution in [2.24, 2.45) is 29.6 Å². The van der Waals surface area contributed by atoms with Gasteiger partial charge in [-0.3, -0.25) is 52.7 Å². The summed E-state index contributed by atoms with van der Waals surface area (Å²) in [7, 11) is 10.0. The summed E-state index contributed by atoms with van der Waals surface area (Å²) in [5, 5.41) is 18.1. The number of rotatable bonds is 12. The van der Waals surface area contributed by atoms with Gasteiger partial charge in [0.15, 0.2) is 0 Å². The number of aliphatic hydroxyl groups is 1. The predicted octanol–water partition coefficient (Wildman–Crippen LogP) is 4.45. The third-order valence-electron chi connectivity index (χ3n) is 21.1. The first-order chi connectivity index (χ1) is 44.6. The van der Waals surface area contributed by atoms with Crippen LogP contribution in [0.2, 0.25) is 0 Å². The molecule has 95 heavy (non-hydrogen) atoms. The quantitative estimate of drug-likeness (QED) is 0.197.